The molecule has 0 unspecified atom stereocenters. The Balaban J connectivity index is 1.89. The third-order valence-electron chi connectivity index (χ3n) is 7.50. The first-order valence-electron chi connectivity index (χ1n) is 14.3. The SMILES string of the molecule is CC#Cc1c(OC)ccc2c(C(=O)c3cc(OC)c(OC)c(OC)c3)nn(C[N+](C)(C)Cc3c(CCC)nc([N+](=O)[O-])n3C)c12. The van der Waals surface area contributed by atoms with Crippen molar-refractivity contribution < 1.29 is 33.1 Å². The Labute approximate surface area is 262 Å². The Hall–Kier alpha value is -5.09. The van der Waals surface area contributed by atoms with Gasteiger partial charge in [-0.1, -0.05) is 17.8 Å². The number of hydrogen-bond donors (Lipinski definition) is 0. The predicted octanol–water partition coefficient (Wildman–Crippen LogP) is 4.50. The maximum absolute atomic E-state index is 14.1. The van der Waals surface area contributed by atoms with E-state index in [0.29, 0.717) is 74.8 Å². The van der Waals surface area contributed by atoms with Crippen LogP contribution in [0.4, 0.5) is 5.95 Å². The Bertz CT molecular complexity index is 1800. The van der Waals surface area contributed by atoms with Gasteiger partial charge in [-0.3, -0.25) is 4.79 Å². The van der Waals surface area contributed by atoms with Crippen LogP contribution in [0.3, 0.4) is 0 Å². The first-order valence-corrected chi connectivity index (χ1v) is 14.3. The number of ether oxygens (including phenoxy) is 4. The standard InChI is InChI=1S/C32H39N6O7/c1-10-12-21-25(42-6)15-14-22-28(30(39)20-16-26(43-7)31(45-9)27(17-20)44-8)34-36(29(21)22)19-38(4,5)18-24-23(13-11-2)33-32(35(24)3)37(40)41/h14-17H,11,13,18-19H2,1-9H3/q+1. The molecular weight excluding hydrogens is 580 g/mol. The Kier molecular flexibility index (Phi) is 9.68. The first-order chi connectivity index (χ1) is 21.4. The van der Waals surface area contributed by atoms with Crippen LogP contribution in [0.1, 0.15) is 53.3 Å². The highest BCUT2D eigenvalue weighted by molar-refractivity contribution is 6.16. The monoisotopic (exact) mass is 619 g/mol. The van der Waals surface area contributed by atoms with Crippen LogP contribution in [0.2, 0.25) is 0 Å². The number of rotatable bonds is 13. The largest absolute Gasteiger partial charge is 0.495 e. The minimum Gasteiger partial charge on any atom is -0.495 e. The summed E-state index contributed by atoms with van der Waals surface area (Å²) < 4.78 is 25.7. The molecule has 13 nitrogen and oxygen atoms in total. The second-order valence-electron chi connectivity index (χ2n) is 11.1. The van der Waals surface area contributed by atoms with E-state index in [2.05, 4.69) is 16.8 Å². The lowest BCUT2D eigenvalue weighted by Crippen LogP contribution is -2.41. The molecule has 0 radical (unpaired) electrons. The van der Waals surface area contributed by atoms with Gasteiger partial charge in [0.15, 0.2) is 29.6 Å². The number of imidazole rings is 1. The van der Waals surface area contributed by atoms with Crippen LogP contribution >= 0.6 is 0 Å². The van der Waals surface area contributed by atoms with Crippen LogP contribution in [-0.4, -0.2) is 77.1 Å². The molecular formula is C32H39N6O7+. The summed E-state index contributed by atoms with van der Waals surface area (Å²) >= 11 is 0. The van der Waals surface area contributed by atoms with Crippen molar-refractivity contribution in [3.8, 4) is 34.8 Å². The summed E-state index contributed by atoms with van der Waals surface area (Å²) in [6, 6.07) is 6.75. The molecule has 2 aromatic carbocycles. The fourth-order valence-electron chi connectivity index (χ4n) is 5.48. The fourth-order valence-corrected chi connectivity index (χ4v) is 5.48. The van der Waals surface area contributed by atoms with Crippen molar-refractivity contribution in [3.05, 3.63) is 62.6 Å². The van der Waals surface area contributed by atoms with Gasteiger partial charge in [0.2, 0.25) is 11.5 Å². The molecule has 0 saturated carbocycles. The highest BCUT2D eigenvalue weighted by Gasteiger charge is 2.32. The summed E-state index contributed by atoms with van der Waals surface area (Å²) in [6.07, 6.45) is 1.41. The van der Waals surface area contributed by atoms with E-state index < -0.39 is 4.92 Å². The van der Waals surface area contributed by atoms with Gasteiger partial charge in [-0.05, 0) is 42.5 Å². The number of nitro groups is 1. The molecule has 4 aromatic rings. The predicted molar refractivity (Wildman–Crippen MR) is 168 cm³/mol. The number of carbonyl (C=O) groups excluding carboxylic acids is 1. The lowest BCUT2D eigenvalue weighted by molar-refractivity contribution is -0.926. The van der Waals surface area contributed by atoms with Crippen LogP contribution in [-0.2, 0) is 26.7 Å². The van der Waals surface area contributed by atoms with Gasteiger partial charge >= 0.3 is 5.95 Å². The van der Waals surface area contributed by atoms with Crippen molar-refractivity contribution in [1.29, 1.82) is 0 Å². The van der Waals surface area contributed by atoms with Gasteiger partial charge in [0.05, 0.1) is 60.7 Å². The number of methoxy groups -OCH3 is 4. The lowest BCUT2D eigenvalue weighted by atomic mass is 10.0. The molecule has 4 rings (SSSR count). The molecule has 0 aliphatic carbocycles. The molecule has 238 valence electrons. The van der Waals surface area contributed by atoms with Gasteiger partial charge in [-0.15, -0.1) is 5.92 Å². The summed E-state index contributed by atoms with van der Waals surface area (Å²) in [4.78, 5) is 29.7. The van der Waals surface area contributed by atoms with Crippen molar-refractivity contribution in [1.82, 2.24) is 19.3 Å². The first kappa shape index (κ1) is 32.8. The zero-order valence-corrected chi connectivity index (χ0v) is 27.2. The molecule has 0 spiro atoms. The molecule has 0 N–H and O–H groups in total. The van der Waals surface area contributed by atoms with Crippen molar-refractivity contribution >= 4 is 22.6 Å². The van der Waals surface area contributed by atoms with Crippen LogP contribution in [0.5, 0.6) is 23.0 Å². The molecule has 0 bridgehead atoms. The topological polar surface area (TPSA) is 133 Å². The molecule has 0 aliphatic heterocycles. The molecule has 0 amide bonds. The van der Waals surface area contributed by atoms with Gasteiger partial charge in [-0.25, -0.2) is 9.25 Å². The highest BCUT2D eigenvalue weighted by atomic mass is 16.6. The zero-order chi connectivity index (χ0) is 33.1. The zero-order valence-electron chi connectivity index (χ0n) is 27.2. The maximum atomic E-state index is 14.1. The molecule has 13 heteroatoms. The van der Waals surface area contributed by atoms with Gasteiger partial charge < -0.3 is 33.5 Å². The Morgan fingerprint density at radius 3 is 2.22 bits per heavy atom. The molecule has 45 heavy (non-hydrogen) atoms. The molecule has 0 saturated heterocycles. The van der Waals surface area contributed by atoms with Crippen molar-refractivity contribution in [2.75, 3.05) is 42.5 Å². The van der Waals surface area contributed by atoms with Crippen molar-refractivity contribution in [2.24, 2.45) is 7.05 Å². The second kappa shape index (κ2) is 13.3. The maximum Gasteiger partial charge on any atom is 0.435 e. The number of carbonyl (C=O) groups is 1. The van der Waals surface area contributed by atoms with Crippen LogP contribution in [0, 0.1) is 22.0 Å². The minimum absolute atomic E-state index is 0.193. The van der Waals surface area contributed by atoms with E-state index in [1.54, 1.807) is 54.6 Å². The van der Waals surface area contributed by atoms with E-state index in [-0.39, 0.29) is 17.4 Å². The third kappa shape index (κ3) is 6.28. The molecule has 2 aromatic heterocycles. The average molecular weight is 620 g/mol. The molecule has 0 aliphatic rings. The van der Waals surface area contributed by atoms with Gasteiger partial charge in [0.1, 0.15) is 18.0 Å². The van der Waals surface area contributed by atoms with E-state index in [1.165, 1.54) is 21.3 Å². The van der Waals surface area contributed by atoms with Crippen molar-refractivity contribution in [2.45, 2.75) is 39.9 Å². The van der Waals surface area contributed by atoms with Gasteiger partial charge in [0.25, 0.3) is 0 Å². The summed E-state index contributed by atoms with van der Waals surface area (Å²) in [5.41, 5.74) is 3.21. The van der Waals surface area contributed by atoms with Crippen LogP contribution in [0.25, 0.3) is 10.9 Å². The van der Waals surface area contributed by atoms with Crippen molar-refractivity contribution in [3.63, 3.8) is 0 Å². The fraction of sp³-hybridized carbons (Fsp3) is 0.406. The lowest BCUT2D eigenvalue weighted by Gasteiger charge is -2.29. The quantitative estimate of drug-likeness (QED) is 0.0697. The highest BCUT2D eigenvalue weighted by Crippen LogP contribution is 2.39. The number of quaternary nitrogens is 1. The summed E-state index contributed by atoms with van der Waals surface area (Å²) in [5, 5.41) is 17.1. The second-order valence-corrected chi connectivity index (χ2v) is 11.1. The number of nitrogens with zero attached hydrogens (tertiary/aromatic N) is 6. The summed E-state index contributed by atoms with van der Waals surface area (Å²) in [6.45, 7) is 4.46. The van der Waals surface area contributed by atoms with E-state index in [1.807, 2.05) is 21.0 Å². The van der Waals surface area contributed by atoms with E-state index >= 15 is 0 Å². The van der Waals surface area contributed by atoms with E-state index in [9.17, 15) is 14.9 Å². The van der Waals surface area contributed by atoms with Crippen LogP contribution in [0.15, 0.2) is 24.3 Å². The average Bonchev–Trinajstić information content (AvgIpc) is 3.52. The smallest absolute Gasteiger partial charge is 0.435 e. The third-order valence-corrected chi connectivity index (χ3v) is 7.50. The molecule has 0 fully saturated rings. The normalized spacial score (nSPS) is 11.2. The Morgan fingerprint density at radius 2 is 1.69 bits per heavy atom. The number of ketones is 1. The van der Waals surface area contributed by atoms with Gasteiger partial charge in [-0.2, -0.15) is 5.10 Å². The minimum atomic E-state index is -0.466. The number of benzene rings is 2. The Morgan fingerprint density at radius 1 is 1.04 bits per heavy atom. The van der Waals surface area contributed by atoms with Crippen LogP contribution < -0.4 is 18.9 Å². The number of fused-ring (bicyclic) bond motifs is 1. The summed E-state index contributed by atoms with van der Waals surface area (Å²) in [5.74, 6) is 7.15. The molecule has 2 heterocycles. The number of aromatic nitrogens is 4. The number of hydrogen-bond acceptors (Lipinski definition) is 9. The summed E-state index contributed by atoms with van der Waals surface area (Å²) in [7, 11) is 11.7. The van der Waals surface area contributed by atoms with E-state index in [4.69, 9.17) is 24.0 Å². The number of aryl methyl sites for hydroxylation is 1. The van der Waals surface area contributed by atoms with E-state index in [0.717, 1.165) is 12.1 Å². The molecule has 0 atom stereocenters. The van der Waals surface area contributed by atoms with Gasteiger partial charge in [0, 0.05) is 17.4 Å².